The molecular weight excluding hydrogens is 381 g/mol. The van der Waals surface area contributed by atoms with Crippen molar-refractivity contribution in [3.8, 4) is 5.75 Å². The number of halogens is 1. The number of aromatic nitrogens is 2. The molecule has 0 bridgehead atoms. The normalized spacial score (nSPS) is 10.7. The largest absolute Gasteiger partial charge is 0.543 e. The number of aromatic carboxylic acids is 1. The average Bonchev–Trinajstić information content (AvgIpc) is 2.70. The Bertz CT molecular complexity index is 1160. The van der Waals surface area contributed by atoms with Crippen LogP contribution >= 0.6 is 0 Å². The van der Waals surface area contributed by atoms with Crippen LogP contribution < -0.4 is 15.4 Å². The summed E-state index contributed by atoms with van der Waals surface area (Å²) in [4.78, 5) is 37.8. The Morgan fingerprint density at radius 3 is 2.52 bits per heavy atom. The Morgan fingerprint density at radius 2 is 1.90 bits per heavy atom. The second kappa shape index (κ2) is 8.09. The minimum absolute atomic E-state index is 0.0788. The van der Waals surface area contributed by atoms with Crippen LogP contribution in [0.4, 0.5) is 4.39 Å². The number of rotatable bonds is 6. The highest BCUT2D eigenvalue weighted by Gasteiger charge is 2.16. The molecule has 8 nitrogen and oxygen atoms in total. The molecular formula is C20H17FN3O5-. The molecule has 1 amide bonds. The average molecular weight is 398 g/mol. The molecule has 0 aliphatic heterocycles. The fourth-order valence-corrected chi connectivity index (χ4v) is 2.91. The fraction of sp³-hybridized carbons (Fsp3) is 0.200. The highest BCUT2D eigenvalue weighted by Crippen LogP contribution is 2.18. The molecule has 3 aromatic rings. The molecule has 0 saturated heterocycles. The maximum Gasteiger partial charge on any atom is 0.275 e. The number of likely N-dealkylation sites (N-methyl/N-ethyl adjacent to an activating group) is 1. The molecule has 1 aromatic heterocycles. The van der Waals surface area contributed by atoms with Crippen molar-refractivity contribution in [3.05, 3.63) is 69.9 Å². The van der Waals surface area contributed by atoms with Crippen LogP contribution in [0.15, 0.2) is 47.3 Å². The fourth-order valence-electron chi connectivity index (χ4n) is 2.91. The van der Waals surface area contributed by atoms with Crippen molar-refractivity contribution in [2.45, 2.75) is 13.1 Å². The molecule has 0 N–H and O–H groups in total. The minimum atomic E-state index is -1.55. The second-order valence-corrected chi connectivity index (χ2v) is 6.36. The first-order valence-corrected chi connectivity index (χ1v) is 8.59. The first-order chi connectivity index (χ1) is 13.8. The van der Waals surface area contributed by atoms with Gasteiger partial charge in [0.2, 0.25) is 5.91 Å². The summed E-state index contributed by atoms with van der Waals surface area (Å²) in [6, 6.07) is 10.4. The van der Waals surface area contributed by atoms with Crippen molar-refractivity contribution in [1.82, 2.24) is 14.7 Å². The zero-order valence-electron chi connectivity index (χ0n) is 15.7. The van der Waals surface area contributed by atoms with Crippen LogP contribution in [0.2, 0.25) is 0 Å². The van der Waals surface area contributed by atoms with Gasteiger partial charge in [-0.3, -0.25) is 9.59 Å². The summed E-state index contributed by atoms with van der Waals surface area (Å²) in [6.45, 7) is -0.394. The third kappa shape index (κ3) is 4.08. The van der Waals surface area contributed by atoms with Crippen molar-refractivity contribution < 1.29 is 23.8 Å². The van der Waals surface area contributed by atoms with Gasteiger partial charge in [-0.1, -0.05) is 24.3 Å². The van der Waals surface area contributed by atoms with Gasteiger partial charge in [0.25, 0.3) is 5.56 Å². The molecule has 0 saturated carbocycles. The van der Waals surface area contributed by atoms with E-state index in [1.165, 1.54) is 43.3 Å². The number of amides is 1. The first-order valence-electron chi connectivity index (χ1n) is 8.59. The Kier molecular flexibility index (Phi) is 5.58. The number of carbonyl (C=O) groups excluding carboxylic acids is 2. The van der Waals surface area contributed by atoms with E-state index in [0.717, 1.165) is 4.68 Å². The van der Waals surface area contributed by atoms with Gasteiger partial charge in [-0.25, -0.2) is 9.07 Å². The molecule has 1 heterocycles. The smallest absolute Gasteiger partial charge is 0.275 e. The summed E-state index contributed by atoms with van der Waals surface area (Å²) in [7, 11) is 2.83. The van der Waals surface area contributed by atoms with Crippen LogP contribution in [0.1, 0.15) is 16.1 Å². The quantitative estimate of drug-likeness (QED) is 0.601. The van der Waals surface area contributed by atoms with Gasteiger partial charge in [-0.05, 0) is 23.8 Å². The lowest BCUT2D eigenvalue weighted by molar-refractivity contribution is -0.255. The Labute approximate surface area is 164 Å². The zero-order chi connectivity index (χ0) is 21.1. The standard InChI is InChI=1S/C20H18FN3O5/c1-23(10-12-7-8-16(29-2)15(21)9-12)17(25)11-24-19(26)14-6-4-3-5-13(14)18(22-24)20(27)28/h3-9H,10-11H2,1-2H3,(H,27,28)/p-1. The number of hydrogen-bond donors (Lipinski definition) is 0. The van der Waals surface area contributed by atoms with Gasteiger partial charge in [0.05, 0.1) is 18.5 Å². The Hall–Kier alpha value is -3.75. The third-order valence-electron chi connectivity index (χ3n) is 4.41. The molecule has 9 heteroatoms. The molecule has 3 rings (SSSR count). The first kappa shape index (κ1) is 20.0. The van der Waals surface area contributed by atoms with E-state index < -0.39 is 35.5 Å². The highest BCUT2D eigenvalue weighted by molar-refractivity contribution is 6.00. The lowest BCUT2D eigenvalue weighted by Gasteiger charge is -2.18. The SMILES string of the molecule is COc1ccc(CN(C)C(=O)Cn2nc(C(=O)[O-])c3ccccc3c2=O)cc1F. The minimum Gasteiger partial charge on any atom is -0.543 e. The number of ether oxygens (including phenoxy) is 1. The molecule has 0 aliphatic carbocycles. The Balaban J connectivity index is 1.85. The molecule has 0 spiro atoms. The summed E-state index contributed by atoms with van der Waals surface area (Å²) >= 11 is 0. The van der Waals surface area contributed by atoms with Crippen LogP contribution in [0.3, 0.4) is 0 Å². The van der Waals surface area contributed by atoms with Crippen molar-refractivity contribution in [2.24, 2.45) is 0 Å². The van der Waals surface area contributed by atoms with E-state index in [0.29, 0.717) is 5.56 Å². The molecule has 0 radical (unpaired) electrons. The van der Waals surface area contributed by atoms with Gasteiger partial charge in [0.1, 0.15) is 12.2 Å². The topological polar surface area (TPSA) is 105 Å². The second-order valence-electron chi connectivity index (χ2n) is 6.36. The lowest BCUT2D eigenvalue weighted by atomic mass is 10.1. The summed E-state index contributed by atoms with van der Waals surface area (Å²) in [6.07, 6.45) is 0. The summed E-state index contributed by atoms with van der Waals surface area (Å²) in [5.41, 5.74) is -0.496. The summed E-state index contributed by atoms with van der Waals surface area (Å²) in [5, 5.41) is 15.4. The number of fused-ring (bicyclic) bond motifs is 1. The van der Waals surface area contributed by atoms with Crippen molar-refractivity contribution >= 4 is 22.6 Å². The number of nitrogens with zero attached hydrogens (tertiary/aromatic N) is 3. The van der Waals surface area contributed by atoms with Gasteiger partial charge >= 0.3 is 0 Å². The monoisotopic (exact) mass is 398 g/mol. The molecule has 29 heavy (non-hydrogen) atoms. The molecule has 0 unspecified atom stereocenters. The number of hydrogen-bond acceptors (Lipinski definition) is 6. The van der Waals surface area contributed by atoms with E-state index in [4.69, 9.17) is 4.74 Å². The van der Waals surface area contributed by atoms with E-state index in [-0.39, 0.29) is 23.1 Å². The van der Waals surface area contributed by atoms with Gasteiger partial charge < -0.3 is 19.5 Å². The van der Waals surface area contributed by atoms with E-state index in [2.05, 4.69) is 5.10 Å². The summed E-state index contributed by atoms with van der Waals surface area (Å²) < 4.78 is 19.5. The van der Waals surface area contributed by atoms with Crippen LogP contribution in [0, 0.1) is 5.82 Å². The zero-order valence-corrected chi connectivity index (χ0v) is 15.7. The van der Waals surface area contributed by atoms with Crippen LogP contribution in [-0.4, -0.2) is 40.7 Å². The van der Waals surface area contributed by atoms with Crippen LogP contribution in [0.5, 0.6) is 5.75 Å². The predicted octanol–water partition coefficient (Wildman–Crippen LogP) is 0.566. The van der Waals surface area contributed by atoms with Crippen molar-refractivity contribution in [1.29, 1.82) is 0 Å². The highest BCUT2D eigenvalue weighted by atomic mass is 19.1. The molecule has 0 atom stereocenters. The van der Waals surface area contributed by atoms with E-state index in [1.807, 2.05) is 0 Å². The molecule has 0 fully saturated rings. The van der Waals surface area contributed by atoms with Crippen molar-refractivity contribution in [2.75, 3.05) is 14.2 Å². The maximum absolute atomic E-state index is 13.8. The van der Waals surface area contributed by atoms with E-state index >= 15 is 0 Å². The van der Waals surface area contributed by atoms with Gasteiger partial charge in [0, 0.05) is 19.0 Å². The maximum atomic E-state index is 13.8. The number of methoxy groups -OCH3 is 1. The Morgan fingerprint density at radius 1 is 1.21 bits per heavy atom. The number of benzene rings is 2. The molecule has 0 aliphatic rings. The lowest BCUT2D eigenvalue weighted by Crippen LogP contribution is -2.37. The number of carboxylic acids is 1. The predicted molar refractivity (Wildman–Crippen MR) is 99.8 cm³/mol. The number of carboxylic acid groups (broad SMARTS) is 1. The summed E-state index contributed by atoms with van der Waals surface area (Å²) in [5.74, 6) is -2.53. The van der Waals surface area contributed by atoms with Crippen LogP contribution in [0.25, 0.3) is 10.8 Å². The number of carbonyl (C=O) groups is 2. The van der Waals surface area contributed by atoms with Crippen molar-refractivity contribution in [3.63, 3.8) is 0 Å². The van der Waals surface area contributed by atoms with Crippen LogP contribution in [-0.2, 0) is 17.9 Å². The molecule has 2 aromatic carbocycles. The third-order valence-corrected chi connectivity index (χ3v) is 4.41. The van der Waals surface area contributed by atoms with E-state index in [1.54, 1.807) is 18.2 Å². The van der Waals surface area contributed by atoms with Gasteiger partial charge in [-0.2, -0.15) is 5.10 Å². The molecule has 150 valence electrons. The van der Waals surface area contributed by atoms with Gasteiger partial charge in [0.15, 0.2) is 11.6 Å². The van der Waals surface area contributed by atoms with Gasteiger partial charge in [-0.15, -0.1) is 0 Å². The van der Waals surface area contributed by atoms with E-state index in [9.17, 15) is 23.9 Å².